The maximum atomic E-state index is 15.9. The molecule has 3 heterocycles. The molecule has 0 fully saturated rings. The molecule has 4 aromatic rings. The molecule has 0 radical (unpaired) electrons. The second kappa shape index (κ2) is 8.06. The summed E-state index contributed by atoms with van der Waals surface area (Å²) in [6, 6.07) is 11.8. The molecule has 0 spiro atoms. The summed E-state index contributed by atoms with van der Waals surface area (Å²) in [4.78, 5) is 27.3. The molecule has 0 N–H and O–H groups in total. The first kappa shape index (κ1) is 22.8. The minimum absolute atomic E-state index is 0.00850. The van der Waals surface area contributed by atoms with Crippen LogP contribution < -0.4 is 15.1 Å². The topological polar surface area (TPSA) is 82.2 Å². The summed E-state index contributed by atoms with van der Waals surface area (Å²) < 4.78 is 24.0. The van der Waals surface area contributed by atoms with Gasteiger partial charge in [-0.15, -0.1) is 0 Å². The zero-order chi connectivity index (χ0) is 25.1. The molecule has 1 aliphatic rings. The standard InChI is InChI=1S/C25H21ClFN5O3/c1-25(2)20-16(30(3)24(25)34)8-9-17(21(20)27)31-13-19(35-4)23(33)22(29-31)18-10-11-28-32(18)15-7-5-6-14(26)12-15/h5-13H,1-4H3. The van der Waals surface area contributed by atoms with E-state index in [0.29, 0.717) is 22.1 Å². The van der Waals surface area contributed by atoms with Gasteiger partial charge in [0.2, 0.25) is 5.91 Å². The first-order valence-electron chi connectivity index (χ1n) is 10.7. The normalized spacial score (nSPS) is 14.3. The lowest BCUT2D eigenvalue weighted by Gasteiger charge is -2.18. The minimum atomic E-state index is -1.05. The maximum absolute atomic E-state index is 15.9. The molecule has 0 saturated heterocycles. The van der Waals surface area contributed by atoms with Crippen molar-refractivity contribution in [2.75, 3.05) is 19.1 Å². The van der Waals surface area contributed by atoms with Gasteiger partial charge in [-0.1, -0.05) is 17.7 Å². The number of fused-ring (bicyclic) bond motifs is 1. The highest BCUT2D eigenvalue weighted by atomic mass is 35.5. The first-order valence-corrected chi connectivity index (χ1v) is 11.1. The second-order valence-corrected chi connectivity index (χ2v) is 9.15. The van der Waals surface area contributed by atoms with Gasteiger partial charge in [-0.2, -0.15) is 10.2 Å². The van der Waals surface area contributed by atoms with Gasteiger partial charge in [-0.25, -0.2) is 13.8 Å². The minimum Gasteiger partial charge on any atom is -0.491 e. The van der Waals surface area contributed by atoms with Crippen LogP contribution in [0.3, 0.4) is 0 Å². The average Bonchev–Trinajstić information content (AvgIpc) is 3.38. The van der Waals surface area contributed by atoms with Gasteiger partial charge in [-0.3, -0.25) is 9.59 Å². The van der Waals surface area contributed by atoms with Gasteiger partial charge >= 0.3 is 0 Å². The number of hydrogen-bond donors (Lipinski definition) is 0. The molecular formula is C25H21ClFN5O3. The summed E-state index contributed by atoms with van der Waals surface area (Å²) in [5.41, 5.74) is 0.316. The van der Waals surface area contributed by atoms with Gasteiger partial charge in [0.05, 0.1) is 42.0 Å². The number of rotatable bonds is 4. The van der Waals surface area contributed by atoms with Crippen LogP contribution in [0.5, 0.6) is 5.75 Å². The molecule has 10 heteroatoms. The lowest BCUT2D eigenvalue weighted by atomic mass is 9.85. The predicted molar refractivity (Wildman–Crippen MR) is 130 cm³/mol. The summed E-state index contributed by atoms with van der Waals surface area (Å²) in [5, 5.41) is 9.28. The Balaban J connectivity index is 1.73. The Morgan fingerprint density at radius 1 is 1.09 bits per heavy atom. The van der Waals surface area contributed by atoms with Crippen molar-refractivity contribution < 1.29 is 13.9 Å². The third kappa shape index (κ3) is 3.42. The number of carbonyl (C=O) groups excluding carboxylic acids is 1. The summed E-state index contributed by atoms with van der Waals surface area (Å²) >= 11 is 6.14. The zero-order valence-corrected chi connectivity index (χ0v) is 20.2. The van der Waals surface area contributed by atoms with Gasteiger partial charge in [0.25, 0.3) is 5.43 Å². The van der Waals surface area contributed by atoms with E-state index in [2.05, 4.69) is 10.2 Å². The Hall–Kier alpha value is -3.98. The Labute approximate surface area is 205 Å². The molecule has 2 aromatic heterocycles. The number of benzene rings is 2. The van der Waals surface area contributed by atoms with E-state index in [1.807, 2.05) is 0 Å². The molecule has 8 nitrogen and oxygen atoms in total. The van der Waals surface area contributed by atoms with Crippen LogP contribution >= 0.6 is 11.6 Å². The van der Waals surface area contributed by atoms with Crippen molar-refractivity contribution in [3.63, 3.8) is 0 Å². The summed E-state index contributed by atoms with van der Waals surface area (Å²) in [5.74, 6) is -0.834. The number of hydrogen-bond acceptors (Lipinski definition) is 5. The SMILES string of the molecule is COc1cn(-c2ccc3c(c2F)C(C)(C)C(=O)N3C)nc(-c2ccnn2-c2cccc(Cl)c2)c1=O. The number of aromatic nitrogens is 4. The van der Waals surface area contributed by atoms with Crippen LogP contribution in [0.4, 0.5) is 10.1 Å². The van der Waals surface area contributed by atoms with Crippen molar-refractivity contribution >= 4 is 23.2 Å². The molecule has 0 aliphatic carbocycles. The van der Waals surface area contributed by atoms with E-state index in [0.717, 1.165) is 0 Å². The van der Waals surface area contributed by atoms with Gasteiger partial charge in [0.1, 0.15) is 5.69 Å². The third-order valence-corrected chi connectivity index (χ3v) is 6.45. The van der Waals surface area contributed by atoms with Gasteiger partial charge in [-0.05, 0) is 50.2 Å². The van der Waals surface area contributed by atoms with Gasteiger partial charge < -0.3 is 9.64 Å². The van der Waals surface area contributed by atoms with Crippen LogP contribution in [0.15, 0.2) is 59.7 Å². The van der Waals surface area contributed by atoms with Gasteiger partial charge in [0.15, 0.2) is 17.3 Å². The molecular weight excluding hydrogens is 473 g/mol. The highest BCUT2D eigenvalue weighted by Crippen LogP contribution is 2.43. The Kier molecular flexibility index (Phi) is 5.25. The van der Waals surface area contributed by atoms with Crippen molar-refractivity contribution in [1.29, 1.82) is 0 Å². The number of carbonyl (C=O) groups is 1. The Morgan fingerprint density at radius 2 is 1.83 bits per heavy atom. The molecule has 0 unspecified atom stereocenters. The summed E-state index contributed by atoms with van der Waals surface area (Å²) in [6.07, 6.45) is 2.85. The maximum Gasteiger partial charge on any atom is 0.251 e. The van der Waals surface area contributed by atoms with Crippen LogP contribution in [0.2, 0.25) is 5.02 Å². The van der Waals surface area contributed by atoms with E-state index < -0.39 is 16.7 Å². The number of halogens is 2. The second-order valence-electron chi connectivity index (χ2n) is 8.71. The van der Waals surface area contributed by atoms with Crippen LogP contribution in [0.25, 0.3) is 22.8 Å². The highest BCUT2D eigenvalue weighted by Gasteiger charge is 2.45. The Morgan fingerprint density at radius 3 is 2.54 bits per heavy atom. The first-order chi connectivity index (χ1) is 16.6. The van der Waals surface area contributed by atoms with E-state index in [4.69, 9.17) is 16.3 Å². The van der Waals surface area contributed by atoms with E-state index in [1.54, 1.807) is 57.3 Å². The lowest BCUT2D eigenvalue weighted by Crippen LogP contribution is -2.33. The lowest BCUT2D eigenvalue weighted by molar-refractivity contribution is -0.121. The quantitative estimate of drug-likeness (QED) is 0.427. The van der Waals surface area contributed by atoms with Crippen LogP contribution in [0.1, 0.15) is 19.4 Å². The van der Waals surface area contributed by atoms with Crippen molar-refractivity contribution in [1.82, 2.24) is 19.6 Å². The van der Waals surface area contributed by atoms with E-state index in [-0.39, 0.29) is 28.6 Å². The fraction of sp³-hybridized carbons (Fsp3) is 0.200. The monoisotopic (exact) mass is 493 g/mol. The fourth-order valence-corrected chi connectivity index (χ4v) is 4.63. The molecule has 1 aliphatic heterocycles. The molecule has 0 bridgehead atoms. The Bertz CT molecular complexity index is 1560. The molecule has 0 saturated carbocycles. The van der Waals surface area contributed by atoms with Crippen LogP contribution in [0, 0.1) is 5.82 Å². The molecule has 5 rings (SSSR count). The zero-order valence-electron chi connectivity index (χ0n) is 19.4. The smallest absolute Gasteiger partial charge is 0.251 e. The van der Waals surface area contributed by atoms with Crippen molar-refractivity contribution in [3.8, 4) is 28.5 Å². The number of methoxy groups -OCH3 is 1. The molecule has 1 amide bonds. The third-order valence-electron chi connectivity index (χ3n) is 6.22. The van der Waals surface area contributed by atoms with E-state index in [1.165, 1.54) is 39.8 Å². The van der Waals surface area contributed by atoms with Crippen LogP contribution in [-0.4, -0.2) is 39.6 Å². The average molecular weight is 494 g/mol. The molecule has 35 heavy (non-hydrogen) atoms. The van der Waals surface area contributed by atoms with E-state index >= 15 is 4.39 Å². The highest BCUT2D eigenvalue weighted by molar-refractivity contribution is 6.30. The molecule has 178 valence electrons. The van der Waals surface area contributed by atoms with Crippen molar-refractivity contribution in [2.45, 2.75) is 19.3 Å². The fourth-order valence-electron chi connectivity index (χ4n) is 4.44. The summed E-state index contributed by atoms with van der Waals surface area (Å²) in [7, 11) is 2.97. The van der Waals surface area contributed by atoms with Crippen molar-refractivity contribution in [2.24, 2.45) is 0 Å². The van der Waals surface area contributed by atoms with Crippen LogP contribution in [-0.2, 0) is 10.2 Å². The molecule has 2 aromatic carbocycles. The largest absolute Gasteiger partial charge is 0.491 e. The van der Waals surface area contributed by atoms with E-state index in [9.17, 15) is 9.59 Å². The predicted octanol–water partition coefficient (Wildman–Crippen LogP) is 4.14. The van der Waals surface area contributed by atoms with Crippen molar-refractivity contribution in [3.05, 3.63) is 81.5 Å². The number of likely N-dealkylation sites (N-methyl/N-ethyl adjacent to an activating group) is 1. The molecule has 0 atom stereocenters. The number of ether oxygens (including phenoxy) is 1. The number of nitrogens with zero attached hydrogens (tertiary/aromatic N) is 5. The van der Waals surface area contributed by atoms with Gasteiger partial charge in [0, 0.05) is 17.6 Å². The summed E-state index contributed by atoms with van der Waals surface area (Å²) in [6.45, 7) is 3.36. The number of anilines is 1. The number of amides is 1.